The Morgan fingerprint density at radius 3 is 1.80 bits per heavy atom. The monoisotopic (exact) mass is 984 g/mol. The van der Waals surface area contributed by atoms with Crippen LogP contribution in [-0.4, -0.2) is 181 Å². The van der Waals surface area contributed by atoms with Gasteiger partial charge in [0.1, 0.15) is 30.3 Å². The lowest BCUT2D eigenvalue weighted by molar-refractivity contribution is -0.356. The van der Waals surface area contributed by atoms with E-state index in [0.29, 0.717) is 0 Å². The maximum atomic E-state index is 13.2. The minimum atomic E-state index is -2.22. The molecule has 0 aromatic rings. The highest BCUT2D eigenvalue weighted by Crippen LogP contribution is 2.41. The normalized spacial score (nSPS) is 44.4. The van der Waals surface area contributed by atoms with Gasteiger partial charge in [0.2, 0.25) is 0 Å². The Bertz CT molecular complexity index is 1740. The fraction of sp³-hybridized carbons (Fsp3) is 0.680. The van der Waals surface area contributed by atoms with Gasteiger partial charge in [-0.05, 0) is 33.1 Å². The van der Waals surface area contributed by atoms with Gasteiger partial charge in [0.15, 0.2) is 12.1 Å². The highest BCUT2D eigenvalue weighted by atomic mass is 16.7. The van der Waals surface area contributed by atoms with Gasteiger partial charge in [-0.1, -0.05) is 106 Å². The second-order valence-corrected chi connectivity index (χ2v) is 18.0. The van der Waals surface area contributed by atoms with E-state index >= 15 is 0 Å². The van der Waals surface area contributed by atoms with Crippen LogP contribution in [0.3, 0.4) is 0 Å². The third-order valence-electron chi connectivity index (χ3n) is 12.7. The number of hydrogen-bond acceptors (Lipinski definition) is 19. The Kier molecular flexibility index (Phi) is 27.2. The van der Waals surface area contributed by atoms with E-state index in [-0.39, 0.29) is 39.0 Å². The Morgan fingerprint density at radius 2 is 1.23 bits per heavy atom. The quantitative estimate of drug-likeness (QED) is 0.176. The Balaban J connectivity index is 0.0000163. The molecule has 19 nitrogen and oxygen atoms in total. The van der Waals surface area contributed by atoms with Crippen molar-refractivity contribution in [1.82, 2.24) is 0 Å². The first kappa shape index (κ1) is 61.6. The number of allylic oxidation sites excluding steroid dienone is 12. The van der Waals surface area contributed by atoms with Gasteiger partial charge in [-0.25, -0.2) is 0 Å². The Morgan fingerprint density at radius 1 is 0.667 bits per heavy atom. The van der Waals surface area contributed by atoms with Gasteiger partial charge in [0, 0.05) is 38.2 Å². The number of ether oxygens (including phenoxy) is 6. The van der Waals surface area contributed by atoms with Crippen molar-refractivity contribution in [3.05, 3.63) is 85.1 Å². The van der Waals surface area contributed by atoms with Crippen LogP contribution in [0.1, 0.15) is 80.1 Å². The predicted octanol–water partition coefficient (Wildman–Crippen LogP) is 1.06. The molecule has 3 aliphatic rings. The summed E-state index contributed by atoms with van der Waals surface area (Å²) in [5.74, 6) is -6.19. The summed E-state index contributed by atoms with van der Waals surface area (Å²) in [6.07, 6.45) is 2.22. The molecule has 0 amide bonds. The molecule has 2 fully saturated rings. The third-order valence-corrected chi connectivity index (χ3v) is 12.7. The number of methoxy groups -OCH3 is 2. The number of aliphatic hydroxyl groups excluding tert-OH is 10. The molecule has 69 heavy (non-hydrogen) atoms. The van der Waals surface area contributed by atoms with Crippen LogP contribution in [0.25, 0.3) is 0 Å². The number of esters is 2. The van der Waals surface area contributed by atoms with Crippen LogP contribution in [0, 0.1) is 17.8 Å². The smallest absolute Gasteiger partial charge is 0.314 e. The molecular weight excluding hydrogens is 903 g/mol. The standard InChI is InChI=1S/C49H77NO18.CH4/c1-28-19-17-15-13-11-9-7-8-10-12-14-16-18-20-35(67-48-45(60)41(50)43(58)31(4)66-48)26-38-40(47(62)63-5)44(59)46(61)49(64-6,68-38)27-34(53)24-37(55)36(54)22-21-32(51)23-33(52)25-39(56)65-30(3)29(2)42(28)57;/h7-20,28-38,40-46,48,51-55,57-61H,21-27,50H2,1-6H3;1H4/b8-7+,11-9+,12-10+,15-13+,16-14+,19-17+,20-18+;. The molecule has 0 radical (unpaired) electrons. The number of rotatable bonds is 4. The third kappa shape index (κ3) is 18.9. The van der Waals surface area contributed by atoms with Crippen LogP contribution in [0.4, 0.5) is 0 Å². The number of hydrogen-bond donors (Lipinski definition) is 11. The summed E-state index contributed by atoms with van der Waals surface area (Å²) in [7, 11) is 2.22. The van der Waals surface area contributed by atoms with Crippen LogP contribution in [0.5, 0.6) is 0 Å². The minimum absolute atomic E-state index is 0. The van der Waals surface area contributed by atoms with E-state index in [2.05, 4.69) is 0 Å². The predicted molar refractivity (Wildman–Crippen MR) is 254 cm³/mol. The van der Waals surface area contributed by atoms with Crippen molar-refractivity contribution in [2.45, 2.75) is 184 Å². The van der Waals surface area contributed by atoms with Crippen molar-refractivity contribution in [3.8, 4) is 0 Å². The number of fused-ring (bicyclic) bond motifs is 2. The molecule has 3 rings (SSSR count). The molecule has 12 N–H and O–H groups in total. The molecular formula is C50H81NO18. The molecule has 3 heterocycles. The maximum Gasteiger partial charge on any atom is 0.314 e. The van der Waals surface area contributed by atoms with Crippen LogP contribution in [0.15, 0.2) is 85.1 Å². The number of nitrogens with two attached hydrogens (primary N) is 1. The lowest BCUT2D eigenvalue weighted by atomic mass is 9.80. The van der Waals surface area contributed by atoms with Gasteiger partial charge in [-0.15, -0.1) is 0 Å². The molecule has 20 atom stereocenters. The lowest BCUT2D eigenvalue weighted by Crippen LogP contribution is -2.66. The molecule has 0 aromatic carbocycles. The summed E-state index contributed by atoms with van der Waals surface area (Å²) in [6, 6.07) is -1.15. The summed E-state index contributed by atoms with van der Waals surface area (Å²) in [5, 5.41) is 109. The molecule has 3 aliphatic heterocycles. The molecule has 394 valence electrons. The lowest BCUT2D eigenvalue weighted by Gasteiger charge is -2.49. The zero-order chi connectivity index (χ0) is 50.7. The zero-order valence-corrected chi connectivity index (χ0v) is 39.8. The van der Waals surface area contributed by atoms with Crippen LogP contribution in [0.2, 0.25) is 0 Å². The molecule has 19 heteroatoms. The Hall–Kier alpha value is -3.48. The van der Waals surface area contributed by atoms with Crippen molar-refractivity contribution in [2.75, 3.05) is 14.2 Å². The Labute approximate surface area is 406 Å². The molecule has 0 spiro atoms. The molecule has 0 saturated carbocycles. The van der Waals surface area contributed by atoms with E-state index in [1.54, 1.807) is 81.5 Å². The molecule has 0 aliphatic carbocycles. The summed E-state index contributed by atoms with van der Waals surface area (Å²) in [4.78, 5) is 25.9. The second-order valence-electron chi connectivity index (χ2n) is 18.0. The van der Waals surface area contributed by atoms with E-state index in [9.17, 15) is 60.7 Å². The zero-order valence-electron chi connectivity index (χ0n) is 39.8. The van der Waals surface area contributed by atoms with E-state index in [4.69, 9.17) is 34.2 Å². The van der Waals surface area contributed by atoms with Crippen LogP contribution < -0.4 is 5.73 Å². The van der Waals surface area contributed by atoms with Crippen LogP contribution >= 0.6 is 0 Å². The maximum absolute atomic E-state index is 13.2. The first-order chi connectivity index (χ1) is 32.2. The van der Waals surface area contributed by atoms with Crippen molar-refractivity contribution in [3.63, 3.8) is 0 Å². The topological polar surface area (TPSA) is 318 Å². The van der Waals surface area contributed by atoms with E-state index in [0.717, 1.165) is 14.2 Å². The van der Waals surface area contributed by atoms with E-state index < -0.39 is 147 Å². The number of aliphatic hydroxyl groups is 10. The van der Waals surface area contributed by atoms with Crippen molar-refractivity contribution in [1.29, 1.82) is 0 Å². The fourth-order valence-electron chi connectivity index (χ4n) is 8.29. The van der Waals surface area contributed by atoms with Crippen molar-refractivity contribution < 1.29 is 89.1 Å². The average molecular weight is 984 g/mol. The molecule has 0 aromatic heterocycles. The van der Waals surface area contributed by atoms with E-state index in [1.165, 1.54) is 0 Å². The summed E-state index contributed by atoms with van der Waals surface area (Å²) >= 11 is 0. The van der Waals surface area contributed by atoms with Gasteiger partial charge >= 0.3 is 11.9 Å². The fourth-order valence-corrected chi connectivity index (χ4v) is 8.29. The number of cyclic esters (lactones) is 1. The largest absolute Gasteiger partial charge is 0.469 e. The molecule has 20 unspecified atom stereocenters. The van der Waals surface area contributed by atoms with Gasteiger partial charge in [0.25, 0.3) is 0 Å². The number of carbonyl (C=O) groups excluding carboxylic acids is 2. The van der Waals surface area contributed by atoms with Crippen LogP contribution in [-0.2, 0) is 38.0 Å². The average Bonchev–Trinajstić information content (AvgIpc) is 3.29. The highest BCUT2D eigenvalue weighted by Gasteiger charge is 2.58. The first-order valence-corrected chi connectivity index (χ1v) is 23.2. The molecule has 2 saturated heterocycles. The van der Waals surface area contributed by atoms with E-state index in [1.807, 2.05) is 31.2 Å². The van der Waals surface area contributed by atoms with Gasteiger partial charge in [-0.2, -0.15) is 0 Å². The highest BCUT2D eigenvalue weighted by molar-refractivity contribution is 5.74. The number of carbonyl (C=O) groups is 2. The summed E-state index contributed by atoms with van der Waals surface area (Å²) in [5.41, 5.74) is 6.07. The summed E-state index contributed by atoms with van der Waals surface area (Å²) in [6.45, 7) is 6.76. The minimum Gasteiger partial charge on any atom is -0.469 e. The first-order valence-electron chi connectivity index (χ1n) is 23.2. The van der Waals surface area contributed by atoms with Gasteiger partial charge in [0.05, 0.1) is 80.6 Å². The van der Waals surface area contributed by atoms with Gasteiger partial charge < -0.3 is 85.2 Å². The summed E-state index contributed by atoms with van der Waals surface area (Å²) < 4.78 is 34.3. The SMILES string of the molecule is C.COC(=O)C1C2CC(OC3OC(C)C(O)C(N)C3O)/C=C/C=C/C=C/C=C/C=C/C=C/C=C/C(C)C(O)C(C)C(C)OC(=O)CC(O)CC(O)CCC(O)C(O)CC(O)CC(OC)(O2)C(O)C1O. The van der Waals surface area contributed by atoms with Crippen molar-refractivity contribution >= 4 is 11.9 Å². The molecule has 2 bridgehead atoms. The second kappa shape index (κ2) is 30.4. The van der Waals surface area contributed by atoms with Crippen molar-refractivity contribution in [2.24, 2.45) is 23.5 Å². The van der Waals surface area contributed by atoms with Gasteiger partial charge in [-0.3, -0.25) is 9.59 Å².